The van der Waals surface area contributed by atoms with Gasteiger partial charge in [0.05, 0.1) is 5.39 Å². The minimum atomic E-state index is 0.134. The number of hydrogen-bond donors (Lipinski definition) is 1. The zero-order valence-electron chi connectivity index (χ0n) is 16.1. The molecule has 4 rings (SSSR count). The van der Waals surface area contributed by atoms with E-state index in [1.165, 1.54) is 30.8 Å². The summed E-state index contributed by atoms with van der Waals surface area (Å²) in [6, 6.07) is 2.18. The second-order valence-electron chi connectivity index (χ2n) is 7.73. The van der Waals surface area contributed by atoms with Gasteiger partial charge in [-0.2, -0.15) is 0 Å². The third-order valence-corrected chi connectivity index (χ3v) is 6.70. The fourth-order valence-electron chi connectivity index (χ4n) is 4.23. The van der Waals surface area contributed by atoms with Gasteiger partial charge in [-0.05, 0) is 64.7 Å². The van der Waals surface area contributed by atoms with Crippen molar-refractivity contribution in [1.82, 2.24) is 20.2 Å². The van der Waals surface area contributed by atoms with Crippen LogP contribution in [0.15, 0.2) is 12.4 Å². The molecule has 0 saturated carbocycles. The Morgan fingerprint density at radius 3 is 2.78 bits per heavy atom. The van der Waals surface area contributed by atoms with Gasteiger partial charge in [-0.15, -0.1) is 11.3 Å². The average molecular weight is 388 g/mol. The van der Waals surface area contributed by atoms with E-state index in [2.05, 4.69) is 38.1 Å². The Morgan fingerprint density at radius 2 is 2.00 bits per heavy atom. The number of amides is 1. The van der Waals surface area contributed by atoms with Gasteiger partial charge in [-0.3, -0.25) is 4.79 Å². The summed E-state index contributed by atoms with van der Waals surface area (Å²) in [5.74, 6) is 1.39. The van der Waals surface area contributed by atoms with E-state index in [4.69, 9.17) is 0 Å². The van der Waals surface area contributed by atoms with Gasteiger partial charge in [-0.25, -0.2) is 9.97 Å². The molecule has 4 heterocycles. The highest BCUT2D eigenvalue weighted by atomic mass is 32.1. The van der Waals surface area contributed by atoms with Crippen LogP contribution in [0.5, 0.6) is 0 Å². The Kier molecular flexibility index (Phi) is 5.88. The van der Waals surface area contributed by atoms with Crippen molar-refractivity contribution in [2.45, 2.75) is 39.0 Å². The first kappa shape index (κ1) is 18.6. The number of nitrogens with zero attached hydrogens (tertiary/aromatic N) is 4. The van der Waals surface area contributed by atoms with Crippen LogP contribution in [0.2, 0.25) is 0 Å². The molecule has 0 radical (unpaired) electrons. The normalized spacial score (nSPS) is 19.1. The summed E-state index contributed by atoms with van der Waals surface area (Å²) >= 11 is 1.71. The molecule has 2 aliphatic heterocycles. The van der Waals surface area contributed by atoms with Crippen molar-refractivity contribution in [2.75, 3.05) is 44.2 Å². The maximum atomic E-state index is 12.5. The highest BCUT2D eigenvalue weighted by Gasteiger charge is 2.26. The van der Waals surface area contributed by atoms with Crippen LogP contribution < -0.4 is 10.2 Å². The summed E-state index contributed by atoms with van der Waals surface area (Å²) in [7, 11) is 0. The van der Waals surface area contributed by atoms with Gasteiger partial charge in [-0.1, -0.05) is 0 Å². The molecule has 146 valence electrons. The molecule has 2 aromatic heterocycles. The van der Waals surface area contributed by atoms with E-state index in [9.17, 15) is 4.79 Å². The average Bonchev–Trinajstić information content (AvgIpc) is 3.33. The molecule has 27 heavy (non-hydrogen) atoms. The maximum Gasteiger partial charge on any atom is 0.223 e. The quantitative estimate of drug-likeness (QED) is 0.773. The van der Waals surface area contributed by atoms with Crippen LogP contribution in [0.1, 0.15) is 37.0 Å². The number of carbonyl (C=O) groups excluding carboxylic acids is 1. The zero-order valence-corrected chi connectivity index (χ0v) is 16.9. The van der Waals surface area contributed by atoms with Gasteiger partial charge in [0, 0.05) is 30.4 Å². The molecular formula is C20H29N5OS. The lowest BCUT2D eigenvalue weighted by atomic mass is 9.95. The number of hydrogen-bond acceptors (Lipinski definition) is 6. The first-order valence-electron chi connectivity index (χ1n) is 10.2. The molecule has 1 amide bonds. The van der Waals surface area contributed by atoms with Gasteiger partial charge in [0.1, 0.15) is 17.0 Å². The molecule has 6 nitrogen and oxygen atoms in total. The van der Waals surface area contributed by atoms with E-state index in [1.54, 1.807) is 17.7 Å². The van der Waals surface area contributed by atoms with Gasteiger partial charge in [0.15, 0.2) is 0 Å². The van der Waals surface area contributed by atoms with E-state index in [1.807, 2.05) is 0 Å². The largest absolute Gasteiger partial charge is 0.356 e. The lowest BCUT2D eigenvalue weighted by Crippen LogP contribution is -2.41. The van der Waals surface area contributed by atoms with Crippen molar-refractivity contribution in [3.05, 3.63) is 17.3 Å². The number of aromatic nitrogens is 2. The number of likely N-dealkylation sites (tertiary alicyclic amines) is 1. The topological polar surface area (TPSA) is 61.4 Å². The first-order chi connectivity index (χ1) is 13.2. The fourth-order valence-corrected chi connectivity index (χ4v) is 5.08. The van der Waals surface area contributed by atoms with Crippen LogP contribution in [0.25, 0.3) is 10.2 Å². The predicted octanol–water partition coefficient (Wildman–Crippen LogP) is 2.82. The van der Waals surface area contributed by atoms with E-state index < -0.39 is 0 Å². The Labute approximate surface area is 165 Å². The second-order valence-corrected chi connectivity index (χ2v) is 8.96. The summed E-state index contributed by atoms with van der Waals surface area (Å²) < 4.78 is 0. The Bertz CT molecular complexity index is 778. The SMILES string of the molecule is Cc1cc2c(N3CCC(C(=O)NCCCN4CCCC4)CC3)ncnc2s1. The number of piperidine rings is 1. The Hall–Kier alpha value is -1.73. The third kappa shape index (κ3) is 4.41. The van der Waals surface area contributed by atoms with Crippen molar-refractivity contribution < 1.29 is 4.79 Å². The maximum absolute atomic E-state index is 12.5. The number of carbonyl (C=O) groups is 1. The predicted molar refractivity (Wildman–Crippen MR) is 110 cm³/mol. The van der Waals surface area contributed by atoms with Crippen molar-refractivity contribution >= 4 is 33.3 Å². The van der Waals surface area contributed by atoms with Crippen LogP contribution >= 0.6 is 11.3 Å². The van der Waals surface area contributed by atoms with Crippen molar-refractivity contribution in [3.63, 3.8) is 0 Å². The number of nitrogens with one attached hydrogen (secondary N) is 1. The van der Waals surface area contributed by atoms with Gasteiger partial charge < -0.3 is 15.1 Å². The smallest absolute Gasteiger partial charge is 0.223 e. The van der Waals surface area contributed by atoms with Crippen LogP contribution in [0, 0.1) is 12.8 Å². The molecule has 0 spiro atoms. The van der Waals surface area contributed by atoms with E-state index >= 15 is 0 Å². The zero-order chi connectivity index (χ0) is 18.6. The minimum Gasteiger partial charge on any atom is -0.356 e. The molecule has 2 aliphatic rings. The third-order valence-electron chi connectivity index (χ3n) is 5.75. The minimum absolute atomic E-state index is 0.134. The van der Waals surface area contributed by atoms with Crippen molar-refractivity contribution in [2.24, 2.45) is 5.92 Å². The number of thiophene rings is 1. The van der Waals surface area contributed by atoms with Crippen LogP contribution in [0.3, 0.4) is 0 Å². The van der Waals surface area contributed by atoms with Crippen LogP contribution in [-0.2, 0) is 4.79 Å². The summed E-state index contributed by atoms with van der Waals surface area (Å²) in [5.41, 5.74) is 0. The molecule has 2 aromatic rings. The summed E-state index contributed by atoms with van der Waals surface area (Å²) in [6.45, 7) is 8.24. The molecule has 0 bridgehead atoms. The summed E-state index contributed by atoms with van der Waals surface area (Å²) in [6.07, 6.45) is 7.16. The van der Waals surface area contributed by atoms with E-state index in [-0.39, 0.29) is 11.8 Å². The number of rotatable bonds is 6. The van der Waals surface area contributed by atoms with Gasteiger partial charge in [0.2, 0.25) is 5.91 Å². The van der Waals surface area contributed by atoms with Crippen LogP contribution in [-0.4, -0.2) is 60.0 Å². The standard InChI is InChI=1S/C20H29N5OS/c1-15-13-17-18(22-14-23-20(17)27-15)25-11-5-16(6-12-25)19(26)21-7-4-10-24-8-2-3-9-24/h13-14,16H,2-12H2,1H3,(H,21,26). The number of anilines is 1. The Morgan fingerprint density at radius 1 is 1.22 bits per heavy atom. The second kappa shape index (κ2) is 8.52. The first-order valence-corrected chi connectivity index (χ1v) is 11.0. The number of aryl methyl sites for hydroxylation is 1. The highest BCUT2D eigenvalue weighted by Crippen LogP contribution is 2.31. The Balaban J connectivity index is 1.25. The molecular weight excluding hydrogens is 358 g/mol. The lowest BCUT2D eigenvalue weighted by molar-refractivity contribution is -0.125. The molecule has 2 fully saturated rings. The molecule has 2 saturated heterocycles. The van der Waals surface area contributed by atoms with Gasteiger partial charge in [0.25, 0.3) is 0 Å². The molecule has 0 atom stereocenters. The van der Waals surface area contributed by atoms with Crippen molar-refractivity contribution in [3.8, 4) is 0 Å². The monoisotopic (exact) mass is 387 g/mol. The number of fused-ring (bicyclic) bond motifs is 1. The molecule has 0 unspecified atom stereocenters. The summed E-state index contributed by atoms with van der Waals surface area (Å²) in [4.78, 5) is 28.5. The van der Waals surface area contributed by atoms with Crippen LogP contribution in [0.4, 0.5) is 5.82 Å². The molecule has 0 aliphatic carbocycles. The molecule has 0 aromatic carbocycles. The summed E-state index contributed by atoms with van der Waals surface area (Å²) in [5, 5.41) is 4.30. The fraction of sp³-hybridized carbons (Fsp3) is 0.650. The lowest BCUT2D eigenvalue weighted by Gasteiger charge is -2.32. The van der Waals surface area contributed by atoms with Crippen molar-refractivity contribution in [1.29, 1.82) is 0 Å². The van der Waals surface area contributed by atoms with E-state index in [0.29, 0.717) is 0 Å². The van der Waals surface area contributed by atoms with E-state index in [0.717, 1.165) is 61.5 Å². The van der Waals surface area contributed by atoms with Gasteiger partial charge >= 0.3 is 0 Å². The highest BCUT2D eigenvalue weighted by molar-refractivity contribution is 7.18. The molecule has 1 N–H and O–H groups in total. The molecule has 7 heteroatoms.